The fraction of sp³-hybridized carbons (Fsp3) is 0.682. The van der Waals surface area contributed by atoms with Crippen LogP contribution in [0.4, 0.5) is 0 Å². The van der Waals surface area contributed by atoms with Crippen LogP contribution in [0.15, 0.2) is 17.0 Å². The lowest BCUT2D eigenvalue weighted by atomic mass is 10.0. The molecule has 1 aliphatic rings. The molecule has 1 atom stereocenters. The Hall–Kier alpha value is -1.24. The van der Waals surface area contributed by atoms with Crippen LogP contribution in [-0.4, -0.2) is 48.8 Å². The number of carbonyl (C=O) groups is 1. The summed E-state index contributed by atoms with van der Waals surface area (Å²) < 4.78 is 18.7. The number of hydrogen-bond acceptors (Lipinski definition) is 6. The summed E-state index contributed by atoms with van der Waals surface area (Å²) in [4.78, 5) is 13.1. The average Bonchev–Trinajstić information content (AvgIpc) is 2.61. The summed E-state index contributed by atoms with van der Waals surface area (Å²) in [5, 5.41) is 0. The molecule has 158 valence electrons. The van der Waals surface area contributed by atoms with Crippen molar-refractivity contribution in [2.24, 2.45) is 0 Å². The number of aryl methyl sites for hydroxylation is 2. The van der Waals surface area contributed by atoms with Gasteiger partial charge in [0.1, 0.15) is 18.0 Å². The molecule has 0 amide bonds. The molecule has 28 heavy (non-hydrogen) atoms. The number of hydrogen-bond donors (Lipinski definition) is 0. The smallest absolute Gasteiger partial charge is 0.332 e. The van der Waals surface area contributed by atoms with Crippen molar-refractivity contribution >= 4 is 17.9 Å². The van der Waals surface area contributed by atoms with E-state index in [1.165, 1.54) is 28.9 Å². The number of esters is 1. The van der Waals surface area contributed by atoms with Crippen LogP contribution in [0.5, 0.6) is 5.75 Å². The normalized spacial score (nSPS) is 18.1. The molecule has 0 bridgehead atoms. The van der Waals surface area contributed by atoms with E-state index in [9.17, 15) is 4.79 Å². The molecule has 1 unspecified atom stereocenters. The summed E-state index contributed by atoms with van der Waals surface area (Å²) in [6, 6.07) is 4.65. The van der Waals surface area contributed by atoms with Crippen molar-refractivity contribution in [1.29, 1.82) is 0 Å². The van der Waals surface area contributed by atoms with Gasteiger partial charge < -0.3 is 14.2 Å². The van der Waals surface area contributed by atoms with Gasteiger partial charge in [0.2, 0.25) is 0 Å². The quantitative estimate of drug-likeness (QED) is 0.345. The van der Waals surface area contributed by atoms with Gasteiger partial charge in [0, 0.05) is 24.1 Å². The van der Waals surface area contributed by atoms with E-state index in [4.69, 9.17) is 14.2 Å². The Labute approximate surface area is 174 Å². The average molecular weight is 410 g/mol. The zero-order valence-corrected chi connectivity index (χ0v) is 19.0. The molecule has 0 aliphatic carbocycles. The van der Waals surface area contributed by atoms with Crippen molar-refractivity contribution in [3.05, 3.63) is 23.3 Å². The minimum absolute atomic E-state index is 0.0217. The highest BCUT2D eigenvalue weighted by molar-refractivity contribution is 7.97. The van der Waals surface area contributed by atoms with E-state index in [1.807, 2.05) is 32.7 Å². The lowest BCUT2D eigenvalue weighted by Crippen LogP contribution is -2.35. The third-order valence-electron chi connectivity index (χ3n) is 4.69. The number of benzene rings is 1. The van der Waals surface area contributed by atoms with E-state index in [-0.39, 0.29) is 12.6 Å². The van der Waals surface area contributed by atoms with Crippen LogP contribution in [0.25, 0.3) is 0 Å². The Morgan fingerprint density at radius 3 is 2.50 bits per heavy atom. The molecule has 1 aliphatic heterocycles. The second kappa shape index (κ2) is 10.5. The molecule has 0 radical (unpaired) electrons. The van der Waals surface area contributed by atoms with Crippen molar-refractivity contribution in [1.82, 2.24) is 4.31 Å². The molecule has 1 saturated heterocycles. The summed E-state index contributed by atoms with van der Waals surface area (Å²) in [7, 11) is 1.71. The first-order valence-electron chi connectivity index (χ1n) is 10.1. The van der Waals surface area contributed by atoms with Crippen LogP contribution >= 0.6 is 11.9 Å². The molecular weight excluding hydrogens is 374 g/mol. The molecule has 0 N–H and O–H groups in total. The maximum Gasteiger partial charge on any atom is 0.332 e. The van der Waals surface area contributed by atoms with Gasteiger partial charge in [0.15, 0.2) is 0 Å². The Morgan fingerprint density at radius 2 is 1.89 bits per heavy atom. The van der Waals surface area contributed by atoms with Crippen LogP contribution in [-0.2, 0) is 14.3 Å². The zero-order valence-electron chi connectivity index (χ0n) is 18.2. The summed E-state index contributed by atoms with van der Waals surface area (Å²) in [6.07, 6.45) is 4.55. The molecule has 1 aromatic carbocycles. The number of ether oxygens (including phenoxy) is 3. The van der Waals surface area contributed by atoms with Gasteiger partial charge in [0.05, 0.1) is 7.11 Å². The van der Waals surface area contributed by atoms with E-state index in [1.54, 1.807) is 7.11 Å². The van der Waals surface area contributed by atoms with Gasteiger partial charge in [-0.25, -0.2) is 9.10 Å². The van der Waals surface area contributed by atoms with Crippen molar-refractivity contribution in [3.8, 4) is 5.75 Å². The van der Waals surface area contributed by atoms with Crippen molar-refractivity contribution in [2.75, 3.05) is 26.9 Å². The molecular formula is C22H35NO4S. The van der Waals surface area contributed by atoms with Crippen molar-refractivity contribution < 1.29 is 19.0 Å². The van der Waals surface area contributed by atoms with Gasteiger partial charge >= 0.3 is 5.97 Å². The lowest BCUT2D eigenvalue weighted by molar-refractivity contribution is -0.160. The number of rotatable bonds is 8. The molecule has 6 heteroatoms. The van der Waals surface area contributed by atoms with E-state index in [0.717, 1.165) is 25.1 Å². The summed E-state index contributed by atoms with van der Waals surface area (Å²) >= 11 is 1.85. The Kier molecular flexibility index (Phi) is 8.65. The van der Waals surface area contributed by atoms with Crippen LogP contribution < -0.4 is 4.74 Å². The predicted molar refractivity (Wildman–Crippen MR) is 114 cm³/mol. The van der Waals surface area contributed by atoms with Gasteiger partial charge in [-0.3, -0.25) is 0 Å². The van der Waals surface area contributed by atoms with Gasteiger partial charge in [-0.1, -0.05) is 6.42 Å². The van der Waals surface area contributed by atoms with Crippen LogP contribution in [0.2, 0.25) is 0 Å². The SMILES string of the molecule is COc1cc(C)c(SN2CCCCC2CCOCC(=O)OC(C)(C)C)c(C)c1. The highest BCUT2D eigenvalue weighted by Crippen LogP contribution is 2.36. The highest BCUT2D eigenvalue weighted by Gasteiger charge is 2.25. The number of methoxy groups -OCH3 is 1. The Morgan fingerprint density at radius 1 is 1.21 bits per heavy atom. The largest absolute Gasteiger partial charge is 0.497 e. The van der Waals surface area contributed by atoms with Gasteiger partial charge in [-0.2, -0.15) is 0 Å². The van der Waals surface area contributed by atoms with Gasteiger partial charge in [-0.05, 0) is 89.1 Å². The van der Waals surface area contributed by atoms with Crippen LogP contribution in [0, 0.1) is 13.8 Å². The zero-order chi connectivity index (χ0) is 20.7. The first-order chi connectivity index (χ1) is 13.2. The Bertz CT molecular complexity index is 633. The predicted octanol–water partition coefficient (Wildman–Crippen LogP) is 4.92. The van der Waals surface area contributed by atoms with E-state index in [0.29, 0.717) is 12.6 Å². The third kappa shape index (κ3) is 7.30. The van der Waals surface area contributed by atoms with Crippen molar-refractivity contribution in [3.63, 3.8) is 0 Å². The second-order valence-electron chi connectivity index (χ2n) is 8.40. The fourth-order valence-corrected chi connectivity index (χ4v) is 4.64. The van der Waals surface area contributed by atoms with E-state index < -0.39 is 5.60 Å². The van der Waals surface area contributed by atoms with E-state index >= 15 is 0 Å². The van der Waals surface area contributed by atoms with E-state index in [2.05, 4.69) is 30.3 Å². The number of carbonyl (C=O) groups excluding carboxylic acids is 1. The summed E-state index contributed by atoms with van der Waals surface area (Å²) in [5.74, 6) is 0.608. The highest BCUT2D eigenvalue weighted by atomic mass is 32.2. The topological polar surface area (TPSA) is 48.0 Å². The minimum Gasteiger partial charge on any atom is -0.497 e. The molecule has 1 aromatic rings. The molecule has 2 rings (SSSR count). The molecule has 0 aromatic heterocycles. The molecule has 1 heterocycles. The van der Waals surface area contributed by atoms with Crippen molar-refractivity contribution in [2.45, 2.75) is 76.8 Å². The van der Waals surface area contributed by atoms with Crippen LogP contribution in [0.3, 0.4) is 0 Å². The minimum atomic E-state index is -0.467. The third-order valence-corrected chi connectivity index (χ3v) is 6.23. The maximum atomic E-state index is 11.8. The fourth-order valence-electron chi connectivity index (χ4n) is 3.42. The Balaban J connectivity index is 1.88. The molecule has 1 fully saturated rings. The standard InChI is InChI=1S/C22H35NO4S/c1-16-13-19(25-6)14-17(2)21(16)28-23-11-8-7-9-18(23)10-12-26-15-20(24)27-22(3,4)5/h13-14,18H,7-12,15H2,1-6H3. The molecule has 0 saturated carbocycles. The summed E-state index contributed by atoms with van der Waals surface area (Å²) in [6.45, 7) is 11.5. The summed E-state index contributed by atoms with van der Waals surface area (Å²) in [5.41, 5.74) is 2.02. The lowest BCUT2D eigenvalue weighted by Gasteiger charge is -2.35. The number of nitrogens with zero attached hydrogens (tertiary/aromatic N) is 1. The molecule has 5 nitrogen and oxygen atoms in total. The first-order valence-corrected chi connectivity index (χ1v) is 10.9. The van der Waals surface area contributed by atoms with Gasteiger partial charge in [-0.15, -0.1) is 0 Å². The monoisotopic (exact) mass is 409 g/mol. The molecule has 0 spiro atoms. The van der Waals surface area contributed by atoms with Gasteiger partial charge in [0.25, 0.3) is 0 Å². The maximum absolute atomic E-state index is 11.8. The second-order valence-corrected chi connectivity index (χ2v) is 9.46. The first kappa shape index (κ1) is 23.0. The number of piperidine rings is 1. The van der Waals surface area contributed by atoms with Crippen LogP contribution in [0.1, 0.15) is 57.6 Å².